The summed E-state index contributed by atoms with van der Waals surface area (Å²) in [6.45, 7) is 2.06. The number of benzene rings is 2. The third-order valence-electron chi connectivity index (χ3n) is 3.68. The van der Waals surface area contributed by atoms with Crippen LogP contribution in [0.25, 0.3) is 11.5 Å². The maximum absolute atomic E-state index is 12.4. The Morgan fingerprint density at radius 3 is 2.67 bits per heavy atom. The normalized spacial score (nSPS) is 10.5. The molecule has 0 unspecified atom stereocenters. The van der Waals surface area contributed by atoms with Crippen molar-refractivity contribution < 1.29 is 18.7 Å². The number of nitrogens with zero attached hydrogens (tertiary/aromatic N) is 2. The first-order valence-corrected chi connectivity index (χ1v) is 9.23. The van der Waals surface area contributed by atoms with Crippen molar-refractivity contribution in [3.05, 3.63) is 48.0 Å². The lowest BCUT2D eigenvalue weighted by molar-refractivity contribution is 0.102. The van der Waals surface area contributed by atoms with Crippen LogP contribution in [0.1, 0.15) is 17.3 Å². The molecule has 2 aromatic carbocycles. The standard InChI is InChI=1S/C19H19N3O4S/c1-4-27-14-7-5-6-12(10-14)17(23)20-19-22-21-18(26-19)13-8-9-15(24-2)16(11-13)25-3/h5-11H,4H2,1-3H3,(H,20,22,23). The molecule has 1 N–H and O–H groups in total. The van der Waals surface area contributed by atoms with Crippen molar-refractivity contribution in [2.75, 3.05) is 25.3 Å². The van der Waals surface area contributed by atoms with E-state index in [4.69, 9.17) is 13.9 Å². The highest BCUT2D eigenvalue weighted by Gasteiger charge is 2.15. The van der Waals surface area contributed by atoms with Crippen LogP contribution in [0, 0.1) is 0 Å². The lowest BCUT2D eigenvalue weighted by Crippen LogP contribution is -2.12. The van der Waals surface area contributed by atoms with Crippen LogP contribution >= 0.6 is 11.8 Å². The number of ether oxygens (including phenoxy) is 2. The van der Waals surface area contributed by atoms with Crippen LogP contribution in [0.4, 0.5) is 6.01 Å². The molecule has 0 saturated carbocycles. The molecule has 1 amide bonds. The number of amides is 1. The minimum absolute atomic E-state index is 0.0262. The van der Waals surface area contributed by atoms with Crippen LogP contribution in [0.3, 0.4) is 0 Å². The number of rotatable bonds is 7. The maximum Gasteiger partial charge on any atom is 0.322 e. The molecule has 0 radical (unpaired) electrons. The summed E-state index contributed by atoms with van der Waals surface area (Å²) >= 11 is 1.67. The van der Waals surface area contributed by atoms with E-state index in [1.165, 1.54) is 0 Å². The predicted octanol–water partition coefficient (Wildman–Crippen LogP) is 4.12. The molecule has 0 bridgehead atoms. The Kier molecular flexibility index (Phi) is 5.97. The number of carbonyl (C=O) groups is 1. The Bertz CT molecular complexity index is 942. The number of thioether (sulfide) groups is 1. The number of hydrogen-bond donors (Lipinski definition) is 1. The molecular weight excluding hydrogens is 366 g/mol. The highest BCUT2D eigenvalue weighted by atomic mass is 32.2. The largest absolute Gasteiger partial charge is 0.493 e. The summed E-state index contributed by atoms with van der Waals surface area (Å²) in [5.41, 5.74) is 1.18. The molecule has 0 fully saturated rings. The van der Waals surface area contributed by atoms with E-state index in [9.17, 15) is 4.79 Å². The average Bonchev–Trinajstić information content (AvgIpc) is 3.16. The van der Waals surface area contributed by atoms with Crippen molar-refractivity contribution in [1.82, 2.24) is 10.2 Å². The second kappa shape index (κ2) is 8.59. The molecule has 3 aromatic rings. The van der Waals surface area contributed by atoms with Crippen LogP contribution in [-0.2, 0) is 0 Å². The van der Waals surface area contributed by atoms with Gasteiger partial charge in [0.15, 0.2) is 11.5 Å². The molecule has 0 spiro atoms. The fourth-order valence-corrected chi connectivity index (χ4v) is 3.14. The third kappa shape index (κ3) is 4.40. The van der Waals surface area contributed by atoms with Crippen molar-refractivity contribution in [1.29, 1.82) is 0 Å². The second-order valence-corrected chi connectivity index (χ2v) is 6.73. The van der Waals surface area contributed by atoms with Gasteiger partial charge in [-0.05, 0) is 42.2 Å². The van der Waals surface area contributed by atoms with Gasteiger partial charge in [0, 0.05) is 16.0 Å². The van der Waals surface area contributed by atoms with E-state index < -0.39 is 0 Å². The Labute approximate surface area is 161 Å². The van der Waals surface area contributed by atoms with E-state index >= 15 is 0 Å². The predicted molar refractivity (Wildman–Crippen MR) is 104 cm³/mol. The number of anilines is 1. The van der Waals surface area contributed by atoms with Gasteiger partial charge in [-0.3, -0.25) is 10.1 Å². The van der Waals surface area contributed by atoms with Crippen molar-refractivity contribution in [3.8, 4) is 23.0 Å². The number of hydrogen-bond acceptors (Lipinski definition) is 7. The Morgan fingerprint density at radius 1 is 1.11 bits per heavy atom. The first-order chi connectivity index (χ1) is 13.1. The SMILES string of the molecule is CCSc1cccc(C(=O)Nc2nnc(-c3ccc(OC)c(OC)c3)o2)c1. The van der Waals surface area contributed by atoms with E-state index in [0.29, 0.717) is 22.6 Å². The lowest BCUT2D eigenvalue weighted by Gasteiger charge is -2.07. The van der Waals surface area contributed by atoms with E-state index in [-0.39, 0.29) is 17.8 Å². The van der Waals surface area contributed by atoms with Gasteiger partial charge in [-0.25, -0.2) is 0 Å². The molecule has 7 nitrogen and oxygen atoms in total. The molecule has 0 aliphatic carbocycles. The smallest absolute Gasteiger partial charge is 0.322 e. The van der Waals surface area contributed by atoms with Crippen LogP contribution in [0.2, 0.25) is 0 Å². The number of carbonyl (C=O) groups excluding carboxylic acids is 1. The van der Waals surface area contributed by atoms with Gasteiger partial charge in [-0.2, -0.15) is 0 Å². The van der Waals surface area contributed by atoms with Crippen LogP contribution in [0.15, 0.2) is 51.8 Å². The minimum Gasteiger partial charge on any atom is -0.493 e. The summed E-state index contributed by atoms with van der Waals surface area (Å²) in [4.78, 5) is 13.4. The molecular formula is C19H19N3O4S. The minimum atomic E-state index is -0.309. The molecule has 1 heterocycles. The molecule has 0 saturated heterocycles. The van der Waals surface area contributed by atoms with Gasteiger partial charge in [-0.15, -0.1) is 16.9 Å². The van der Waals surface area contributed by atoms with Crippen LogP contribution in [0.5, 0.6) is 11.5 Å². The van der Waals surface area contributed by atoms with Crippen molar-refractivity contribution in [3.63, 3.8) is 0 Å². The van der Waals surface area contributed by atoms with Gasteiger partial charge in [0.1, 0.15) is 0 Å². The average molecular weight is 385 g/mol. The Hall–Kier alpha value is -3.00. The van der Waals surface area contributed by atoms with Gasteiger partial charge in [0.2, 0.25) is 5.89 Å². The topological polar surface area (TPSA) is 86.5 Å². The van der Waals surface area contributed by atoms with Gasteiger partial charge >= 0.3 is 6.01 Å². The summed E-state index contributed by atoms with van der Waals surface area (Å²) in [6, 6.07) is 12.6. The Morgan fingerprint density at radius 2 is 1.93 bits per heavy atom. The number of nitrogens with one attached hydrogen (secondary N) is 1. The van der Waals surface area contributed by atoms with Crippen molar-refractivity contribution >= 4 is 23.7 Å². The quantitative estimate of drug-likeness (QED) is 0.612. The molecule has 27 heavy (non-hydrogen) atoms. The van der Waals surface area contributed by atoms with Crippen LogP contribution < -0.4 is 14.8 Å². The Balaban J connectivity index is 1.76. The van der Waals surface area contributed by atoms with Crippen molar-refractivity contribution in [2.45, 2.75) is 11.8 Å². The van der Waals surface area contributed by atoms with E-state index in [2.05, 4.69) is 22.4 Å². The highest BCUT2D eigenvalue weighted by Crippen LogP contribution is 2.32. The fourth-order valence-electron chi connectivity index (χ4n) is 2.42. The zero-order valence-electron chi connectivity index (χ0n) is 15.2. The lowest BCUT2D eigenvalue weighted by atomic mass is 10.2. The molecule has 140 valence electrons. The maximum atomic E-state index is 12.4. The number of aromatic nitrogens is 2. The zero-order valence-corrected chi connectivity index (χ0v) is 16.0. The molecule has 0 atom stereocenters. The van der Waals surface area contributed by atoms with Gasteiger partial charge in [0.05, 0.1) is 14.2 Å². The second-order valence-electron chi connectivity index (χ2n) is 5.40. The summed E-state index contributed by atoms with van der Waals surface area (Å²) in [6.07, 6.45) is 0. The first kappa shape index (κ1) is 18.8. The molecule has 0 aliphatic heterocycles. The summed E-state index contributed by atoms with van der Waals surface area (Å²) < 4.78 is 16.0. The number of methoxy groups -OCH3 is 2. The molecule has 8 heteroatoms. The highest BCUT2D eigenvalue weighted by molar-refractivity contribution is 7.99. The third-order valence-corrected chi connectivity index (χ3v) is 4.56. The van der Waals surface area contributed by atoms with Crippen molar-refractivity contribution in [2.24, 2.45) is 0 Å². The first-order valence-electron chi connectivity index (χ1n) is 8.24. The monoisotopic (exact) mass is 385 g/mol. The molecule has 1 aromatic heterocycles. The van der Waals surface area contributed by atoms with E-state index in [1.807, 2.05) is 18.2 Å². The van der Waals surface area contributed by atoms with Gasteiger partial charge < -0.3 is 13.9 Å². The molecule has 3 rings (SSSR count). The summed E-state index contributed by atoms with van der Waals surface area (Å²) in [5.74, 6) is 2.03. The van der Waals surface area contributed by atoms with E-state index in [1.54, 1.807) is 50.2 Å². The van der Waals surface area contributed by atoms with Gasteiger partial charge in [-0.1, -0.05) is 18.1 Å². The summed E-state index contributed by atoms with van der Waals surface area (Å²) in [7, 11) is 3.11. The van der Waals surface area contributed by atoms with E-state index in [0.717, 1.165) is 10.6 Å². The van der Waals surface area contributed by atoms with Crippen LogP contribution in [-0.4, -0.2) is 36.1 Å². The fraction of sp³-hybridized carbons (Fsp3) is 0.211. The van der Waals surface area contributed by atoms with Gasteiger partial charge in [0.25, 0.3) is 5.91 Å². The molecule has 0 aliphatic rings. The zero-order chi connectivity index (χ0) is 19.2. The summed E-state index contributed by atoms with van der Waals surface area (Å²) in [5, 5.41) is 10.5.